The van der Waals surface area contributed by atoms with Crippen LogP contribution in [0.1, 0.15) is 11.3 Å². The molecule has 0 saturated carbocycles. The molecule has 31 heavy (non-hydrogen) atoms. The van der Waals surface area contributed by atoms with Crippen molar-refractivity contribution in [2.24, 2.45) is 4.99 Å². The second-order valence-electron chi connectivity index (χ2n) is 6.46. The summed E-state index contributed by atoms with van der Waals surface area (Å²) in [7, 11) is 1.59. The number of amides is 1. The summed E-state index contributed by atoms with van der Waals surface area (Å²) >= 11 is 3.51. The highest BCUT2D eigenvalue weighted by Gasteiger charge is 2.24. The molecule has 0 aliphatic carbocycles. The fourth-order valence-electron chi connectivity index (χ4n) is 2.84. The number of pyridine rings is 1. The Bertz CT molecular complexity index is 1150. The average Bonchev–Trinajstić information content (AvgIpc) is 3.12. The molecule has 0 spiro atoms. The summed E-state index contributed by atoms with van der Waals surface area (Å²) in [5, 5.41) is 3.36. The third kappa shape index (κ3) is 5.45. The third-order valence-electron chi connectivity index (χ3n) is 4.28. The van der Waals surface area contributed by atoms with Crippen molar-refractivity contribution in [3.63, 3.8) is 0 Å². The lowest BCUT2D eigenvalue weighted by Gasteiger charge is -2.13. The molecule has 0 radical (unpaired) electrons. The summed E-state index contributed by atoms with van der Waals surface area (Å²) in [4.78, 5) is 21.7. The first-order chi connectivity index (χ1) is 15.1. The standard InChI is InChI=1S/C23H18IN3O3S/c1-29-19-12-15(11-18(24)21(19)30-14-17-9-5-6-10-25-17)13-20-22(28)27-23(31-20)26-16-7-3-2-4-8-16/h2-13H,14H2,1H3,(H,26,27,28)/b20-13+. The van der Waals surface area contributed by atoms with Crippen molar-refractivity contribution in [1.29, 1.82) is 0 Å². The van der Waals surface area contributed by atoms with E-state index in [2.05, 4.69) is 37.9 Å². The molecule has 1 N–H and O–H groups in total. The Morgan fingerprint density at radius 3 is 2.71 bits per heavy atom. The zero-order valence-corrected chi connectivity index (χ0v) is 19.5. The fourth-order valence-corrected chi connectivity index (χ4v) is 4.47. The van der Waals surface area contributed by atoms with Crippen LogP contribution in [0.3, 0.4) is 0 Å². The van der Waals surface area contributed by atoms with Gasteiger partial charge in [0.1, 0.15) is 6.61 Å². The van der Waals surface area contributed by atoms with Crippen molar-refractivity contribution in [2.75, 3.05) is 7.11 Å². The number of halogens is 1. The summed E-state index contributed by atoms with van der Waals surface area (Å²) in [5.41, 5.74) is 2.46. The fraction of sp³-hybridized carbons (Fsp3) is 0.0870. The summed E-state index contributed by atoms with van der Waals surface area (Å²) in [6.07, 6.45) is 3.55. The molecule has 0 bridgehead atoms. The first-order valence-corrected chi connectivity index (χ1v) is 11.3. The number of benzene rings is 2. The normalized spacial score (nSPS) is 15.9. The molecule has 1 aliphatic heterocycles. The van der Waals surface area contributed by atoms with E-state index in [4.69, 9.17) is 9.47 Å². The van der Waals surface area contributed by atoms with Crippen molar-refractivity contribution < 1.29 is 14.3 Å². The molecular weight excluding hydrogens is 525 g/mol. The van der Waals surface area contributed by atoms with Crippen molar-refractivity contribution in [3.05, 3.63) is 86.6 Å². The van der Waals surface area contributed by atoms with Gasteiger partial charge >= 0.3 is 0 Å². The molecule has 1 saturated heterocycles. The number of para-hydroxylation sites is 1. The monoisotopic (exact) mass is 543 g/mol. The number of methoxy groups -OCH3 is 1. The quantitative estimate of drug-likeness (QED) is 0.344. The number of nitrogens with zero attached hydrogens (tertiary/aromatic N) is 2. The van der Waals surface area contributed by atoms with Gasteiger partial charge in [-0.2, -0.15) is 0 Å². The van der Waals surface area contributed by atoms with Gasteiger partial charge in [0.15, 0.2) is 16.7 Å². The van der Waals surface area contributed by atoms with Crippen LogP contribution in [-0.2, 0) is 11.4 Å². The number of carbonyl (C=O) groups is 1. The lowest BCUT2D eigenvalue weighted by Crippen LogP contribution is -2.19. The Labute approximate surface area is 197 Å². The minimum absolute atomic E-state index is 0.177. The van der Waals surface area contributed by atoms with Crippen molar-refractivity contribution in [1.82, 2.24) is 10.3 Å². The van der Waals surface area contributed by atoms with Gasteiger partial charge in [-0.3, -0.25) is 9.78 Å². The molecule has 3 aromatic rings. The van der Waals surface area contributed by atoms with Crippen molar-refractivity contribution in [3.8, 4) is 11.5 Å². The number of rotatable bonds is 6. The largest absolute Gasteiger partial charge is 0.493 e. The molecule has 0 unspecified atom stereocenters. The van der Waals surface area contributed by atoms with Crippen molar-refractivity contribution >= 4 is 57.2 Å². The molecular formula is C23H18IN3O3S. The van der Waals surface area contributed by atoms with Gasteiger partial charge in [0, 0.05) is 6.20 Å². The Morgan fingerprint density at radius 1 is 1.16 bits per heavy atom. The second kappa shape index (κ2) is 9.97. The van der Waals surface area contributed by atoms with Gasteiger partial charge in [0.25, 0.3) is 5.91 Å². The molecule has 2 aromatic carbocycles. The number of amidine groups is 1. The van der Waals surface area contributed by atoms with Crippen LogP contribution in [-0.4, -0.2) is 23.2 Å². The maximum Gasteiger partial charge on any atom is 0.264 e. The van der Waals surface area contributed by atoms with Crippen LogP contribution in [0, 0.1) is 3.57 Å². The Hall–Kier alpha value is -2.85. The summed E-state index contributed by atoms with van der Waals surface area (Å²) < 4.78 is 12.4. The third-order valence-corrected chi connectivity index (χ3v) is 5.99. The van der Waals surface area contributed by atoms with Gasteiger partial charge in [0.05, 0.1) is 27.0 Å². The first-order valence-electron chi connectivity index (χ1n) is 9.37. The predicted molar refractivity (Wildman–Crippen MR) is 132 cm³/mol. The lowest BCUT2D eigenvalue weighted by molar-refractivity contribution is -0.115. The zero-order valence-electron chi connectivity index (χ0n) is 16.5. The molecule has 1 aliphatic rings. The topological polar surface area (TPSA) is 72.8 Å². The minimum atomic E-state index is -0.177. The van der Waals surface area contributed by atoms with Crippen LogP contribution < -0.4 is 14.8 Å². The molecule has 2 heterocycles. The van der Waals surface area contributed by atoms with E-state index in [9.17, 15) is 4.79 Å². The Kier molecular flexibility index (Phi) is 6.88. The van der Waals surface area contributed by atoms with E-state index in [0.29, 0.717) is 28.2 Å². The van der Waals surface area contributed by atoms with Crippen LogP contribution in [0.2, 0.25) is 0 Å². The number of carbonyl (C=O) groups excluding carboxylic acids is 1. The molecule has 1 fully saturated rings. The number of aliphatic imine (C=N–C) groups is 1. The molecule has 6 nitrogen and oxygen atoms in total. The van der Waals surface area contributed by atoms with E-state index in [1.807, 2.05) is 66.7 Å². The maximum atomic E-state index is 12.4. The summed E-state index contributed by atoms with van der Waals surface area (Å²) in [6, 6.07) is 19.0. The van der Waals surface area contributed by atoms with Crippen molar-refractivity contribution in [2.45, 2.75) is 6.61 Å². The van der Waals surface area contributed by atoms with E-state index in [1.165, 1.54) is 11.8 Å². The lowest BCUT2D eigenvalue weighted by atomic mass is 10.2. The highest BCUT2D eigenvalue weighted by molar-refractivity contribution is 14.1. The van der Waals surface area contributed by atoms with Crippen LogP contribution >= 0.6 is 34.4 Å². The second-order valence-corrected chi connectivity index (χ2v) is 8.65. The molecule has 0 atom stereocenters. The number of hydrogen-bond donors (Lipinski definition) is 1. The van der Waals surface area contributed by atoms with Gasteiger partial charge < -0.3 is 14.8 Å². The average molecular weight is 543 g/mol. The highest BCUT2D eigenvalue weighted by atomic mass is 127. The van der Waals surface area contributed by atoms with E-state index in [1.54, 1.807) is 13.3 Å². The zero-order chi connectivity index (χ0) is 21.6. The first kappa shape index (κ1) is 21.4. The van der Waals surface area contributed by atoms with Gasteiger partial charge in [-0.1, -0.05) is 24.3 Å². The SMILES string of the molecule is COc1cc(/C=C2/SC(=Nc3ccccc3)NC2=O)cc(I)c1OCc1ccccn1. The van der Waals surface area contributed by atoms with Crippen LogP contribution in [0.5, 0.6) is 11.5 Å². The Morgan fingerprint density at radius 2 is 1.97 bits per heavy atom. The number of aromatic nitrogens is 1. The smallest absolute Gasteiger partial charge is 0.264 e. The number of hydrogen-bond acceptors (Lipinski definition) is 6. The molecule has 4 rings (SSSR count). The predicted octanol–water partition coefficient (Wildman–Crippen LogP) is 5.17. The molecule has 1 amide bonds. The summed E-state index contributed by atoms with van der Waals surface area (Å²) in [5.74, 6) is 1.06. The van der Waals surface area contributed by atoms with Crippen LogP contribution in [0.4, 0.5) is 5.69 Å². The maximum absolute atomic E-state index is 12.4. The van der Waals surface area contributed by atoms with Gasteiger partial charge in [-0.05, 0) is 82.4 Å². The number of ether oxygens (including phenoxy) is 2. The van der Waals surface area contributed by atoms with E-state index >= 15 is 0 Å². The van der Waals surface area contributed by atoms with Gasteiger partial charge in [0.2, 0.25) is 0 Å². The molecule has 156 valence electrons. The van der Waals surface area contributed by atoms with Crippen LogP contribution in [0.25, 0.3) is 6.08 Å². The Balaban J connectivity index is 1.54. The van der Waals surface area contributed by atoms with E-state index in [0.717, 1.165) is 20.5 Å². The van der Waals surface area contributed by atoms with Crippen LogP contribution in [0.15, 0.2) is 76.8 Å². The van der Waals surface area contributed by atoms with E-state index < -0.39 is 0 Å². The number of nitrogens with one attached hydrogen (secondary N) is 1. The van der Waals surface area contributed by atoms with Gasteiger partial charge in [-0.25, -0.2) is 4.99 Å². The molecule has 1 aromatic heterocycles. The molecule has 8 heteroatoms. The highest BCUT2D eigenvalue weighted by Crippen LogP contribution is 2.36. The van der Waals surface area contributed by atoms with E-state index in [-0.39, 0.29) is 5.91 Å². The van der Waals surface area contributed by atoms with Gasteiger partial charge in [-0.15, -0.1) is 0 Å². The number of thioether (sulfide) groups is 1. The minimum Gasteiger partial charge on any atom is -0.493 e. The summed E-state index contributed by atoms with van der Waals surface area (Å²) in [6.45, 7) is 0.338.